The van der Waals surface area contributed by atoms with Crippen molar-refractivity contribution in [3.63, 3.8) is 0 Å². The SMILES string of the molecule is CC(C)=CCC[C@](C)(O[C@@H]1O[C@H](CO[C@@H]2OC[C@@H](O)[C@H](O)[C@H]2O)[C@@H](O)[C@H](O)[C@H]1O)[C@H]1CC[C@]2(C)[C@@H]1[C@H](O)C[C@@H]1[C@]3(C)CC[C@@H](O[C@@H]4O[C@H](CO)[C@@H](O)[C@H](O)[C@H]4O[C@@H]4O[C@H](CO)[C@@H](O)[C@H](O)[C@H]4O)C(C)(C)[C@H]3CC[C@]12C. The van der Waals surface area contributed by atoms with Gasteiger partial charge in [-0.1, -0.05) is 46.3 Å². The summed E-state index contributed by atoms with van der Waals surface area (Å²) in [5, 5.41) is 151. The molecule has 4 saturated carbocycles. The van der Waals surface area contributed by atoms with E-state index in [1.165, 1.54) is 0 Å². The molecule has 8 rings (SSSR count). The van der Waals surface area contributed by atoms with Crippen molar-refractivity contribution in [2.45, 2.75) is 248 Å². The summed E-state index contributed by atoms with van der Waals surface area (Å²) in [5.41, 5.74) is -1.48. The van der Waals surface area contributed by atoms with Crippen LogP contribution in [0.5, 0.6) is 0 Å². The van der Waals surface area contributed by atoms with E-state index in [4.69, 9.17) is 37.9 Å². The fourth-order valence-corrected chi connectivity index (χ4v) is 16.0. The number of allylic oxidation sites excluding steroid dienone is 2. The molecule has 0 aromatic rings. The van der Waals surface area contributed by atoms with Gasteiger partial charge in [0.05, 0.1) is 44.2 Å². The first-order valence-electron chi connectivity index (χ1n) is 27.3. The molecule has 8 fully saturated rings. The second-order valence-electron chi connectivity index (χ2n) is 25.3. The van der Waals surface area contributed by atoms with Gasteiger partial charge in [-0.2, -0.15) is 0 Å². The molecule has 29 atom stereocenters. The molecular weight excluding hydrogens is 989 g/mol. The number of rotatable bonds is 15. The van der Waals surface area contributed by atoms with Crippen LogP contribution in [0.15, 0.2) is 11.6 Å². The van der Waals surface area contributed by atoms with Gasteiger partial charge >= 0.3 is 0 Å². The van der Waals surface area contributed by atoms with Gasteiger partial charge in [-0.15, -0.1) is 0 Å². The van der Waals surface area contributed by atoms with E-state index in [0.29, 0.717) is 38.5 Å². The number of hydrogen-bond donors (Lipinski definition) is 14. The maximum Gasteiger partial charge on any atom is 0.187 e. The molecule has 0 aromatic heterocycles. The highest BCUT2D eigenvalue weighted by Crippen LogP contribution is 2.76. The first kappa shape index (κ1) is 60.0. The standard InChI is InChI=1S/C53H90O22/c1-23(2)10-9-14-53(8,75-47-43(67)39(63)37(61)29(72-47)22-69-45-41(65)34(58)26(57)21-68-45)24-11-16-52(7)33(24)25(56)18-31-50(5)15-13-32(49(3,4)30(50)12-17-51(31,52)6)73-48-44(40(64)36(60)28(20-55)71-48)74-46-42(66)38(62)35(59)27(19-54)70-46/h10,24-48,54-67H,9,11-22H2,1-8H3/t24-,25+,26+,27+,28+,29+,30+,31+,32+,33-,34-,35+,36+,37+,38-,39-,40-,41+,42+,43+,44+,45-,46-,47-,48-,50+,51+,52+,53-/m0/s1. The second-order valence-corrected chi connectivity index (χ2v) is 25.3. The minimum absolute atomic E-state index is 0.0508. The molecule has 0 amide bonds. The lowest BCUT2D eigenvalue weighted by atomic mass is 9.35. The Labute approximate surface area is 439 Å². The number of hydrogen-bond acceptors (Lipinski definition) is 22. The Morgan fingerprint density at radius 2 is 1.16 bits per heavy atom. The van der Waals surface area contributed by atoms with Crippen LogP contribution in [0.4, 0.5) is 0 Å². The summed E-state index contributed by atoms with van der Waals surface area (Å²) in [6.07, 6.45) is -22.6. The zero-order valence-corrected chi connectivity index (χ0v) is 44.7. The van der Waals surface area contributed by atoms with Crippen LogP contribution < -0.4 is 0 Å². The van der Waals surface area contributed by atoms with Crippen molar-refractivity contribution in [1.29, 1.82) is 0 Å². The molecule has 8 aliphatic rings. The highest BCUT2D eigenvalue weighted by atomic mass is 16.8. The molecule has 434 valence electrons. The van der Waals surface area contributed by atoms with Crippen molar-refractivity contribution < 1.29 is 109 Å². The van der Waals surface area contributed by atoms with Crippen LogP contribution in [-0.4, -0.2) is 232 Å². The zero-order chi connectivity index (χ0) is 55.1. The van der Waals surface area contributed by atoms with Crippen LogP contribution >= 0.6 is 0 Å². The Morgan fingerprint density at radius 1 is 0.587 bits per heavy atom. The molecule has 4 saturated heterocycles. The van der Waals surface area contributed by atoms with Crippen LogP contribution in [0.25, 0.3) is 0 Å². The third kappa shape index (κ3) is 10.6. The van der Waals surface area contributed by atoms with Gasteiger partial charge in [-0.05, 0) is 124 Å². The minimum Gasteiger partial charge on any atom is -0.394 e. The van der Waals surface area contributed by atoms with Crippen molar-refractivity contribution in [3.05, 3.63) is 11.6 Å². The van der Waals surface area contributed by atoms with Crippen molar-refractivity contribution >= 4 is 0 Å². The van der Waals surface area contributed by atoms with Crippen molar-refractivity contribution in [3.8, 4) is 0 Å². The molecule has 22 nitrogen and oxygen atoms in total. The fraction of sp³-hybridized carbons (Fsp3) is 0.962. The van der Waals surface area contributed by atoms with Gasteiger partial charge < -0.3 is 109 Å². The van der Waals surface area contributed by atoms with Gasteiger partial charge in [0.2, 0.25) is 0 Å². The van der Waals surface area contributed by atoms with Gasteiger partial charge in [-0.3, -0.25) is 0 Å². The van der Waals surface area contributed by atoms with Gasteiger partial charge in [0, 0.05) is 0 Å². The van der Waals surface area contributed by atoms with E-state index in [-0.39, 0.29) is 41.1 Å². The molecule has 4 heterocycles. The number of aliphatic hydroxyl groups is 14. The number of ether oxygens (including phenoxy) is 8. The average Bonchev–Trinajstić information content (AvgIpc) is 3.75. The van der Waals surface area contributed by atoms with E-state index in [2.05, 4.69) is 40.7 Å². The lowest BCUT2D eigenvalue weighted by Crippen LogP contribution is -2.68. The Balaban J connectivity index is 1.01. The number of fused-ring (bicyclic) bond motifs is 5. The summed E-state index contributed by atoms with van der Waals surface area (Å²) in [5.74, 6) is -0.395. The van der Waals surface area contributed by atoms with Gasteiger partial charge in [-0.25, -0.2) is 0 Å². The average molecular weight is 1080 g/mol. The van der Waals surface area contributed by atoms with E-state index in [1.54, 1.807) is 0 Å². The molecule has 75 heavy (non-hydrogen) atoms. The van der Waals surface area contributed by atoms with Crippen LogP contribution in [0.3, 0.4) is 0 Å². The quantitative estimate of drug-likeness (QED) is 0.0651. The summed E-state index contributed by atoms with van der Waals surface area (Å²) < 4.78 is 48.8. The lowest BCUT2D eigenvalue weighted by Gasteiger charge is -2.71. The summed E-state index contributed by atoms with van der Waals surface area (Å²) in [4.78, 5) is 0. The smallest absolute Gasteiger partial charge is 0.187 e. The molecule has 4 aliphatic carbocycles. The highest BCUT2D eigenvalue weighted by molar-refractivity contribution is 5.20. The van der Waals surface area contributed by atoms with Crippen molar-refractivity contribution in [2.75, 3.05) is 26.4 Å². The van der Waals surface area contributed by atoms with Crippen LogP contribution in [0.2, 0.25) is 0 Å². The molecule has 14 N–H and O–H groups in total. The van der Waals surface area contributed by atoms with E-state index in [9.17, 15) is 71.5 Å². The molecule has 0 aromatic carbocycles. The first-order chi connectivity index (χ1) is 35.1. The highest BCUT2D eigenvalue weighted by Gasteiger charge is 2.72. The van der Waals surface area contributed by atoms with Crippen LogP contribution in [0.1, 0.15) is 113 Å². The monoisotopic (exact) mass is 1080 g/mol. The Morgan fingerprint density at radius 3 is 1.80 bits per heavy atom. The van der Waals surface area contributed by atoms with Crippen LogP contribution in [-0.2, 0) is 37.9 Å². The molecule has 4 aliphatic heterocycles. The summed E-state index contributed by atoms with van der Waals surface area (Å²) >= 11 is 0. The molecular formula is C53H90O22. The Kier molecular flexibility index (Phi) is 18.1. The maximum atomic E-state index is 12.8. The second kappa shape index (κ2) is 22.7. The fourth-order valence-electron chi connectivity index (χ4n) is 16.0. The van der Waals surface area contributed by atoms with Gasteiger partial charge in [0.25, 0.3) is 0 Å². The third-order valence-electron chi connectivity index (χ3n) is 20.5. The summed E-state index contributed by atoms with van der Waals surface area (Å²) in [6.45, 7) is 15.1. The predicted octanol–water partition coefficient (Wildman–Crippen LogP) is -1.56. The van der Waals surface area contributed by atoms with Crippen molar-refractivity contribution in [1.82, 2.24) is 0 Å². The van der Waals surface area contributed by atoms with Gasteiger partial charge in [0.1, 0.15) is 91.6 Å². The Hall–Kier alpha value is -1.14. The third-order valence-corrected chi connectivity index (χ3v) is 20.5. The zero-order valence-electron chi connectivity index (χ0n) is 44.7. The Bertz CT molecular complexity index is 1940. The summed E-state index contributed by atoms with van der Waals surface area (Å²) in [6, 6.07) is 0. The molecule has 22 heteroatoms. The lowest BCUT2D eigenvalue weighted by molar-refractivity contribution is -0.378. The maximum absolute atomic E-state index is 12.8. The minimum atomic E-state index is -1.81. The first-order valence-corrected chi connectivity index (χ1v) is 27.3. The number of aliphatic hydroxyl groups excluding tert-OH is 14. The van der Waals surface area contributed by atoms with E-state index >= 15 is 0 Å². The topological polar surface area (TPSA) is 357 Å². The van der Waals surface area contributed by atoms with E-state index in [0.717, 1.165) is 24.8 Å². The van der Waals surface area contributed by atoms with E-state index in [1.807, 2.05) is 20.8 Å². The molecule has 0 bridgehead atoms. The van der Waals surface area contributed by atoms with Crippen LogP contribution in [0, 0.1) is 45.3 Å². The largest absolute Gasteiger partial charge is 0.394 e. The summed E-state index contributed by atoms with van der Waals surface area (Å²) in [7, 11) is 0. The van der Waals surface area contributed by atoms with Gasteiger partial charge in [0.15, 0.2) is 25.2 Å². The van der Waals surface area contributed by atoms with E-state index < -0.39 is 165 Å². The predicted molar refractivity (Wildman–Crippen MR) is 260 cm³/mol. The van der Waals surface area contributed by atoms with Crippen molar-refractivity contribution in [2.24, 2.45) is 45.3 Å². The molecule has 0 unspecified atom stereocenters. The molecule has 0 spiro atoms. The molecule has 0 radical (unpaired) electrons. The normalized spacial score (nSPS) is 52.7.